The predicted molar refractivity (Wildman–Crippen MR) is 131 cm³/mol. The summed E-state index contributed by atoms with van der Waals surface area (Å²) in [4.78, 5) is 30.2. The van der Waals surface area contributed by atoms with Gasteiger partial charge in [0.05, 0.1) is 17.0 Å². The van der Waals surface area contributed by atoms with E-state index in [4.69, 9.17) is 0 Å². The molecule has 1 aromatic heterocycles. The number of thioether (sulfide) groups is 1. The minimum Gasteiger partial charge on any atom is -0.493 e. The van der Waals surface area contributed by atoms with Crippen LogP contribution in [0.15, 0.2) is 94.9 Å². The fourth-order valence-corrected chi connectivity index (χ4v) is 4.15. The normalized spacial score (nSPS) is 10.7. The molecule has 0 aliphatic rings. The third-order valence-corrected chi connectivity index (χ3v) is 5.97. The number of nitrogens with one attached hydrogen (secondary N) is 1. The molecule has 1 amide bonds. The van der Waals surface area contributed by atoms with Gasteiger partial charge in [0.1, 0.15) is 0 Å². The van der Waals surface area contributed by atoms with Gasteiger partial charge in [0.15, 0.2) is 5.16 Å². The molecule has 0 spiro atoms. The van der Waals surface area contributed by atoms with Gasteiger partial charge in [-0.3, -0.25) is 14.2 Å². The Kier molecular flexibility index (Phi) is 6.90. The summed E-state index contributed by atoms with van der Waals surface area (Å²) in [5.74, 6) is -0.521. The van der Waals surface area contributed by atoms with Crippen LogP contribution in [0.1, 0.15) is 16.7 Å². The second-order valence-electron chi connectivity index (χ2n) is 7.54. The zero-order valence-corrected chi connectivity index (χ0v) is 18.9. The molecule has 0 radical (unpaired) electrons. The predicted octanol–water partition coefficient (Wildman–Crippen LogP) is 4.57. The van der Waals surface area contributed by atoms with Gasteiger partial charge in [-0.25, -0.2) is 0 Å². The van der Waals surface area contributed by atoms with E-state index in [1.165, 1.54) is 4.57 Å². The summed E-state index contributed by atoms with van der Waals surface area (Å²) in [7, 11) is 0. The molecule has 0 bridgehead atoms. The molecule has 3 aromatic carbocycles. The number of rotatable bonds is 7. The van der Waals surface area contributed by atoms with Crippen molar-refractivity contribution in [2.45, 2.75) is 18.5 Å². The molecule has 1 heterocycles. The molecule has 0 aliphatic carbocycles. The first-order chi connectivity index (χ1) is 16.0. The zero-order chi connectivity index (χ0) is 23.2. The molecule has 0 atom stereocenters. The number of benzene rings is 3. The van der Waals surface area contributed by atoms with Crippen LogP contribution < -0.4 is 10.9 Å². The topological polar surface area (TPSA) is 84.2 Å². The summed E-state index contributed by atoms with van der Waals surface area (Å²) in [6.07, 6.45) is 0.254. The summed E-state index contributed by atoms with van der Waals surface area (Å²) in [6, 6.07) is 26.1. The lowest BCUT2D eigenvalue weighted by atomic mass is 10.1. The highest BCUT2D eigenvalue weighted by molar-refractivity contribution is 7.99. The van der Waals surface area contributed by atoms with Crippen LogP contribution >= 0.6 is 11.8 Å². The standard InChI is InChI=1S/C26H23N3O3S/c1-18-12-14-21(15-13-18)29-25(32)22(16-19-8-4-2-5-9-19)24(31)28-26(29)33-17-23(30)27-20-10-6-3-7-11-20/h2-15,31H,16-17H2,1H3,(H,27,30). The second kappa shape index (κ2) is 10.2. The van der Waals surface area contributed by atoms with E-state index in [2.05, 4.69) is 10.3 Å². The number of aryl methyl sites for hydroxylation is 1. The Morgan fingerprint density at radius 3 is 2.27 bits per heavy atom. The average Bonchev–Trinajstić information content (AvgIpc) is 2.82. The van der Waals surface area contributed by atoms with Gasteiger partial charge in [-0.2, -0.15) is 4.98 Å². The van der Waals surface area contributed by atoms with Crippen LogP contribution in [0.5, 0.6) is 5.88 Å². The Balaban J connectivity index is 1.67. The Hall–Kier alpha value is -3.84. The molecule has 0 aliphatic heterocycles. The number of carbonyl (C=O) groups is 1. The van der Waals surface area contributed by atoms with Crippen molar-refractivity contribution in [1.29, 1.82) is 0 Å². The van der Waals surface area contributed by atoms with E-state index in [0.717, 1.165) is 22.9 Å². The van der Waals surface area contributed by atoms with Crippen molar-refractivity contribution < 1.29 is 9.90 Å². The van der Waals surface area contributed by atoms with E-state index in [1.54, 1.807) is 12.1 Å². The molecule has 0 saturated heterocycles. The molecule has 0 unspecified atom stereocenters. The van der Waals surface area contributed by atoms with Gasteiger partial charge in [0.2, 0.25) is 11.8 Å². The maximum absolute atomic E-state index is 13.5. The van der Waals surface area contributed by atoms with E-state index in [0.29, 0.717) is 11.4 Å². The lowest BCUT2D eigenvalue weighted by Crippen LogP contribution is -2.26. The summed E-state index contributed by atoms with van der Waals surface area (Å²) in [5, 5.41) is 13.7. The van der Waals surface area contributed by atoms with Gasteiger partial charge in [-0.1, -0.05) is 78.0 Å². The van der Waals surface area contributed by atoms with Crippen LogP contribution in [0.25, 0.3) is 5.69 Å². The smallest absolute Gasteiger partial charge is 0.266 e. The first-order valence-corrected chi connectivity index (χ1v) is 11.4. The number of amides is 1. The number of hydrogen-bond donors (Lipinski definition) is 2. The third kappa shape index (κ3) is 5.51. The minimum absolute atomic E-state index is 0.0324. The highest BCUT2D eigenvalue weighted by Crippen LogP contribution is 2.24. The summed E-state index contributed by atoms with van der Waals surface area (Å²) < 4.78 is 1.46. The Morgan fingerprint density at radius 2 is 1.61 bits per heavy atom. The van der Waals surface area contributed by atoms with E-state index in [9.17, 15) is 14.7 Å². The quantitative estimate of drug-likeness (QED) is 0.314. The summed E-state index contributed by atoms with van der Waals surface area (Å²) in [6.45, 7) is 1.96. The van der Waals surface area contributed by atoms with Crippen LogP contribution in [0, 0.1) is 6.92 Å². The third-order valence-electron chi connectivity index (χ3n) is 5.03. The fraction of sp³-hybridized carbons (Fsp3) is 0.115. The van der Waals surface area contributed by atoms with Gasteiger partial charge in [0, 0.05) is 12.1 Å². The number of carbonyl (C=O) groups excluding carboxylic acids is 1. The molecule has 0 saturated carbocycles. The first kappa shape index (κ1) is 22.4. The highest BCUT2D eigenvalue weighted by Gasteiger charge is 2.19. The zero-order valence-electron chi connectivity index (χ0n) is 18.1. The van der Waals surface area contributed by atoms with E-state index >= 15 is 0 Å². The minimum atomic E-state index is -0.360. The average molecular weight is 458 g/mol. The van der Waals surface area contributed by atoms with Crippen molar-refractivity contribution in [3.63, 3.8) is 0 Å². The Morgan fingerprint density at radius 1 is 0.970 bits per heavy atom. The van der Waals surface area contributed by atoms with Crippen molar-refractivity contribution in [2.75, 3.05) is 11.1 Å². The van der Waals surface area contributed by atoms with E-state index in [1.807, 2.05) is 79.7 Å². The summed E-state index contributed by atoms with van der Waals surface area (Å²) >= 11 is 1.10. The first-order valence-electron chi connectivity index (χ1n) is 10.4. The SMILES string of the molecule is Cc1ccc(-n2c(SCC(=O)Nc3ccccc3)nc(O)c(Cc3ccccc3)c2=O)cc1. The van der Waals surface area contributed by atoms with Crippen molar-refractivity contribution in [1.82, 2.24) is 9.55 Å². The molecule has 0 fully saturated rings. The molecular formula is C26H23N3O3S. The second-order valence-corrected chi connectivity index (χ2v) is 8.48. The van der Waals surface area contributed by atoms with Crippen molar-refractivity contribution in [3.05, 3.63) is 112 Å². The van der Waals surface area contributed by atoms with Crippen molar-refractivity contribution >= 4 is 23.4 Å². The van der Waals surface area contributed by atoms with Crippen LogP contribution in [0.2, 0.25) is 0 Å². The fourth-order valence-electron chi connectivity index (χ4n) is 3.35. The monoisotopic (exact) mass is 457 g/mol. The molecule has 4 rings (SSSR count). The maximum Gasteiger partial charge on any atom is 0.266 e. The van der Waals surface area contributed by atoms with Gasteiger partial charge in [0.25, 0.3) is 5.56 Å². The van der Waals surface area contributed by atoms with Gasteiger partial charge < -0.3 is 10.4 Å². The lowest BCUT2D eigenvalue weighted by Gasteiger charge is -2.15. The molecule has 166 valence electrons. The number of aromatic hydroxyl groups is 1. The van der Waals surface area contributed by atoms with Crippen LogP contribution in [-0.2, 0) is 11.2 Å². The number of aromatic nitrogens is 2. The molecule has 4 aromatic rings. The van der Waals surface area contributed by atoms with Crippen molar-refractivity contribution in [3.8, 4) is 11.6 Å². The molecule has 33 heavy (non-hydrogen) atoms. The van der Waals surface area contributed by atoms with Gasteiger partial charge in [-0.15, -0.1) is 0 Å². The van der Waals surface area contributed by atoms with Crippen LogP contribution in [0.3, 0.4) is 0 Å². The van der Waals surface area contributed by atoms with E-state index in [-0.39, 0.29) is 40.2 Å². The molecule has 7 heteroatoms. The number of hydrogen-bond acceptors (Lipinski definition) is 5. The van der Waals surface area contributed by atoms with E-state index < -0.39 is 0 Å². The van der Waals surface area contributed by atoms with Gasteiger partial charge in [-0.05, 0) is 36.8 Å². The van der Waals surface area contributed by atoms with Crippen molar-refractivity contribution in [2.24, 2.45) is 0 Å². The molecular weight excluding hydrogens is 434 g/mol. The number of para-hydroxylation sites is 1. The maximum atomic E-state index is 13.5. The van der Waals surface area contributed by atoms with Gasteiger partial charge >= 0.3 is 0 Å². The highest BCUT2D eigenvalue weighted by atomic mass is 32.2. The molecule has 6 nitrogen and oxygen atoms in total. The lowest BCUT2D eigenvalue weighted by molar-refractivity contribution is -0.113. The number of anilines is 1. The largest absolute Gasteiger partial charge is 0.493 e. The van der Waals surface area contributed by atoms with Crippen LogP contribution in [-0.4, -0.2) is 26.3 Å². The Labute approximate surface area is 196 Å². The van der Waals surface area contributed by atoms with Crippen LogP contribution in [0.4, 0.5) is 5.69 Å². The Bertz CT molecular complexity index is 1300. The number of nitrogens with zero attached hydrogens (tertiary/aromatic N) is 2. The molecule has 2 N–H and O–H groups in total. The summed E-state index contributed by atoms with van der Waals surface area (Å²) in [5.41, 5.74) is 3.11.